The summed E-state index contributed by atoms with van der Waals surface area (Å²) >= 11 is 0. The molecule has 0 saturated carbocycles. The van der Waals surface area contributed by atoms with Crippen LogP contribution in [-0.2, 0) is 19.0 Å². The number of hydrogen-bond acceptors (Lipinski definition) is 4. The van der Waals surface area contributed by atoms with E-state index in [9.17, 15) is 4.79 Å². The molecule has 0 aromatic rings. The largest absolute Gasteiger partial charge is 0.383 e. The third kappa shape index (κ3) is 4.92. The summed E-state index contributed by atoms with van der Waals surface area (Å²) in [4.78, 5) is 13.7. The van der Waals surface area contributed by atoms with Crippen LogP contribution in [0.2, 0.25) is 0 Å². The maximum Gasteiger partial charge on any atom is 0.251 e. The van der Waals surface area contributed by atoms with E-state index >= 15 is 0 Å². The maximum atomic E-state index is 12.0. The maximum absolute atomic E-state index is 12.0. The third-order valence-electron chi connectivity index (χ3n) is 2.46. The van der Waals surface area contributed by atoms with Crippen LogP contribution in [0, 0.1) is 0 Å². The van der Waals surface area contributed by atoms with Gasteiger partial charge in [0.25, 0.3) is 5.91 Å². The lowest BCUT2D eigenvalue weighted by Crippen LogP contribution is -2.47. The van der Waals surface area contributed by atoms with Gasteiger partial charge in [0.1, 0.15) is 6.10 Å². The summed E-state index contributed by atoms with van der Waals surface area (Å²) in [6, 6.07) is 0.0187. The van der Waals surface area contributed by atoms with E-state index in [1.807, 2.05) is 6.92 Å². The van der Waals surface area contributed by atoms with Gasteiger partial charge in [-0.3, -0.25) is 4.79 Å². The molecule has 0 bridgehead atoms. The first-order valence-corrected chi connectivity index (χ1v) is 5.39. The predicted octanol–water partition coefficient (Wildman–Crippen LogP) is 0.531. The van der Waals surface area contributed by atoms with E-state index in [1.165, 1.54) is 7.11 Å². The molecule has 0 saturated heterocycles. The first kappa shape index (κ1) is 15.3. The van der Waals surface area contributed by atoms with Gasteiger partial charge in [0.15, 0.2) is 0 Å². The van der Waals surface area contributed by atoms with Gasteiger partial charge in [-0.15, -0.1) is 0 Å². The fraction of sp³-hybridized carbons (Fsp3) is 0.909. The van der Waals surface area contributed by atoms with Crippen LogP contribution in [-0.4, -0.2) is 64.0 Å². The van der Waals surface area contributed by atoms with Gasteiger partial charge >= 0.3 is 0 Å². The minimum atomic E-state index is -0.434. The van der Waals surface area contributed by atoms with E-state index < -0.39 is 6.10 Å². The van der Waals surface area contributed by atoms with Gasteiger partial charge in [-0.05, 0) is 13.8 Å². The summed E-state index contributed by atoms with van der Waals surface area (Å²) in [6.45, 7) is 5.25. The van der Waals surface area contributed by atoms with Gasteiger partial charge in [-0.25, -0.2) is 0 Å². The standard InChI is InChI=1S/C11H23NO4/c1-9(8-15-4)12(6-7-14-3)11(13)10(2)16-5/h9-10H,6-8H2,1-5H3. The lowest BCUT2D eigenvalue weighted by Gasteiger charge is -2.30. The summed E-state index contributed by atoms with van der Waals surface area (Å²) in [6.07, 6.45) is -0.434. The van der Waals surface area contributed by atoms with Crippen LogP contribution in [0.5, 0.6) is 0 Å². The molecule has 0 fully saturated rings. The topological polar surface area (TPSA) is 48.0 Å². The van der Waals surface area contributed by atoms with Gasteiger partial charge in [-0.1, -0.05) is 0 Å². The number of amides is 1. The molecule has 2 unspecified atom stereocenters. The summed E-state index contributed by atoms with van der Waals surface area (Å²) in [5.74, 6) is -0.0379. The van der Waals surface area contributed by atoms with Crippen LogP contribution >= 0.6 is 0 Å². The van der Waals surface area contributed by atoms with E-state index in [4.69, 9.17) is 14.2 Å². The molecule has 0 aliphatic heterocycles. The Labute approximate surface area is 97.7 Å². The summed E-state index contributed by atoms with van der Waals surface area (Å²) < 4.78 is 15.1. The molecule has 0 aliphatic carbocycles. The van der Waals surface area contributed by atoms with Crippen molar-refractivity contribution in [2.75, 3.05) is 41.1 Å². The molecule has 0 aliphatic rings. The zero-order valence-electron chi connectivity index (χ0n) is 10.9. The Bertz CT molecular complexity index is 198. The Morgan fingerprint density at radius 2 is 1.81 bits per heavy atom. The number of hydrogen-bond donors (Lipinski definition) is 0. The quantitative estimate of drug-likeness (QED) is 0.613. The lowest BCUT2D eigenvalue weighted by molar-refractivity contribution is -0.144. The first-order chi connectivity index (χ1) is 7.58. The molecule has 96 valence electrons. The molecule has 0 radical (unpaired) electrons. The Morgan fingerprint density at radius 3 is 2.25 bits per heavy atom. The Morgan fingerprint density at radius 1 is 1.19 bits per heavy atom. The highest BCUT2D eigenvalue weighted by molar-refractivity contribution is 5.80. The number of methoxy groups -OCH3 is 3. The van der Waals surface area contributed by atoms with Crippen molar-refractivity contribution < 1.29 is 19.0 Å². The van der Waals surface area contributed by atoms with E-state index in [-0.39, 0.29) is 11.9 Å². The van der Waals surface area contributed by atoms with E-state index in [2.05, 4.69) is 0 Å². The normalized spacial score (nSPS) is 14.6. The molecule has 1 amide bonds. The van der Waals surface area contributed by atoms with E-state index in [0.29, 0.717) is 19.8 Å². The van der Waals surface area contributed by atoms with Crippen LogP contribution in [0.15, 0.2) is 0 Å². The number of rotatable bonds is 8. The van der Waals surface area contributed by atoms with Gasteiger partial charge in [-0.2, -0.15) is 0 Å². The summed E-state index contributed by atoms with van der Waals surface area (Å²) in [5, 5.41) is 0. The zero-order chi connectivity index (χ0) is 12.6. The molecule has 0 rings (SSSR count). The molecule has 16 heavy (non-hydrogen) atoms. The second-order valence-electron chi connectivity index (χ2n) is 3.71. The molecular formula is C11H23NO4. The van der Waals surface area contributed by atoms with Crippen LogP contribution in [0.25, 0.3) is 0 Å². The van der Waals surface area contributed by atoms with Crippen molar-refractivity contribution in [2.24, 2.45) is 0 Å². The molecule has 0 aromatic heterocycles. The second-order valence-corrected chi connectivity index (χ2v) is 3.71. The molecule has 0 heterocycles. The van der Waals surface area contributed by atoms with Crippen molar-refractivity contribution in [3.05, 3.63) is 0 Å². The van der Waals surface area contributed by atoms with Crippen molar-refractivity contribution in [3.63, 3.8) is 0 Å². The van der Waals surface area contributed by atoms with Crippen LogP contribution in [0.3, 0.4) is 0 Å². The highest BCUT2D eigenvalue weighted by Gasteiger charge is 2.24. The summed E-state index contributed by atoms with van der Waals surface area (Å²) in [5.41, 5.74) is 0. The number of ether oxygens (including phenoxy) is 3. The summed E-state index contributed by atoms with van der Waals surface area (Å²) in [7, 11) is 4.76. The highest BCUT2D eigenvalue weighted by Crippen LogP contribution is 2.05. The first-order valence-electron chi connectivity index (χ1n) is 5.39. The SMILES string of the molecule is COCCN(C(=O)C(C)OC)C(C)COC. The minimum absolute atomic E-state index is 0.0187. The van der Waals surface area contributed by atoms with Gasteiger partial charge in [0.05, 0.1) is 19.3 Å². The van der Waals surface area contributed by atoms with E-state index in [1.54, 1.807) is 26.0 Å². The molecular weight excluding hydrogens is 210 g/mol. The average molecular weight is 233 g/mol. The lowest BCUT2D eigenvalue weighted by atomic mass is 10.2. The predicted molar refractivity (Wildman–Crippen MR) is 61.4 cm³/mol. The second kappa shape index (κ2) is 8.50. The average Bonchev–Trinajstić information content (AvgIpc) is 2.28. The van der Waals surface area contributed by atoms with Crippen molar-refractivity contribution in [1.82, 2.24) is 4.90 Å². The fourth-order valence-corrected chi connectivity index (χ4v) is 1.40. The molecule has 5 heteroatoms. The molecule has 0 spiro atoms. The van der Waals surface area contributed by atoms with Gasteiger partial charge in [0.2, 0.25) is 0 Å². The van der Waals surface area contributed by atoms with Crippen LogP contribution in [0.1, 0.15) is 13.8 Å². The zero-order valence-corrected chi connectivity index (χ0v) is 10.9. The molecule has 0 aromatic carbocycles. The van der Waals surface area contributed by atoms with Crippen molar-refractivity contribution in [3.8, 4) is 0 Å². The van der Waals surface area contributed by atoms with Crippen molar-refractivity contribution in [2.45, 2.75) is 26.0 Å². The molecule has 5 nitrogen and oxygen atoms in total. The molecule has 2 atom stereocenters. The number of carbonyl (C=O) groups is 1. The number of nitrogens with zero attached hydrogens (tertiary/aromatic N) is 1. The van der Waals surface area contributed by atoms with Crippen molar-refractivity contribution >= 4 is 5.91 Å². The number of carbonyl (C=O) groups excluding carboxylic acids is 1. The van der Waals surface area contributed by atoms with E-state index in [0.717, 1.165) is 0 Å². The van der Waals surface area contributed by atoms with Crippen LogP contribution < -0.4 is 0 Å². The van der Waals surface area contributed by atoms with Gasteiger partial charge in [0, 0.05) is 27.9 Å². The van der Waals surface area contributed by atoms with Crippen LogP contribution in [0.4, 0.5) is 0 Å². The Balaban J connectivity index is 4.45. The smallest absolute Gasteiger partial charge is 0.251 e. The highest BCUT2D eigenvalue weighted by atomic mass is 16.5. The molecule has 0 N–H and O–H groups in total. The Kier molecular flexibility index (Phi) is 8.15. The van der Waals surface area contributed by atoms with Crippen molar-refractivity contribution in [1.29, 1.82) is 0 Å². The van der Waals surface area contributed by atoms with Gasteiger partial charge < -0.3 is 19.1 Å². The monoisotopic (exact) mass is 233 g/mol. The fourth-order valence-electron chi connectivity index (χ4n) is 1.40. The Hall–Kier alpha value is -0.650. The third-order valence-corrected chi connectivity index (χ3v) is 2.46. The minimum Gasteiger partial charge on any atom is -0.383 e.